The molecule has 0 N–H and O–H groups in total. The van der Waals surface area contributed by atoms with E-state index < -0.39 is 5.60 Å². The number of hydrogen-bond donors (Lipinski definition) is 0. The predicted octanol–water partition coefficient (Wildman–Crippen LogP) is 4.06. The quantitative estimate of drug-likeness (QED) is 0.573. The minimum atomic E-state index is -0.479. The third-order valence-corrected chi connectivity index (χ3v) is 5.09. The molecule has 2 rings (SSSR count). The van der Waals surface area contributed by atoms with Crippen LogP contribution in [-0.2, 0) is 14.3 Å². The van der Waals surface area contributed by atoms with Crippen molar-refractivity contribution in [3.63, 3.8) is 0 Å². The van der Waals surface area contributed by atoms with Crippen molar-refractivity contribution >= 4 is 12.6 Å². The van der Waals surface area contributed by atoms with Crippen molar-refractivity contribution in [1.29, 1.82) is 0 Å². The van der Waals surface area contributed by atoms with E-state index in [1.54, 1.807) is 0 Å². The van der Waals surface area contributed by atoms with Crippen LogP contribution < -0.4 is 0 Å². The summed E-state index contributed by atoms with van der Waals surface area (Å²) in [7, 11) is 0. The number of nitrogens with zero attached hydrogens (tertiary/aromatic N) is 1. The molecule has 1 saturated carbocycles. The number of ether oxygens (including phenoxy) is 2. The minimum Gasteiger partial charge on any atom is -0.461 e. The molecule has 1 aliphatic heterocycles. The highest BCUT2D eigenvalue weighted by Gasteiger charge is 2.50. The minimum absolute atomic E-state index is 0.141. The summed E-state index contributed by atoms with van der Waals surface area (Å²) in [6, 6.07) is 0. The van der Waals surface area contributed by atoms with Gasteiger partial charge in [0.1, 0.15) is 11.7 Å². The molecular formula is C19H31NO4. The highest BCUT2D eigenvalue weighted by atomic mass is 16.6. The summed E-state index contributed by atoms with van der Waals surface area (Å²) in [4.78, 5) is 25.2. The third kappa shape index (κ3) is 4.31. The Balaban J connectivity index is 2.18. The zero-order valence-electron chi connectivity index (χ0n) is 15.4. The topological polar surface area (TPSA) is 55.8 Å². The molecule has 1 amide bonds. The Morgan fingerprint density at radius 3 is 2.62 bits per heavy atom. The summed E-state index contributed by atoms with van der Waals surface area (Å²) in [6.45, 7) is 8.81. The van der Waals surface area contributed by atoms with Crippen LogP contribution in [0.5, 0.6) is 0 Å². The Kier molecular flexibility index (Phi) is 5.94. The zero-order valence-corrected chi connectivity index (χ0v) is 15.4. The molecule has 2 aliphatic rings. The van der Waals surface area contributed by atoms with Gasteiger partial charge in [0.05, 0.1) is 5.54 Å². The summed E-state index contributed by atoms with van der Waals surface area (Å²) in [6.07, 6.45) is 10.1. The largest absolute Gasteiger partial charge is 0.461 e. The van der Waals surface area contributed by atoms with E-state index in [0.717, 1.165) is 38.6 Å². The third-order valence-electron chi connectivity index (χ3n) is 5.09. The fraction of sp³-hybridized carbons (Fsp3) is 0.789. The van der Waals surface area contributed by atoms with E-state index >= 15 is 0 Å². The molecule has 1 heterocycles. The van der Waals surface area contributed by atoms with Gasteiger partial charge in [-0.1, -0.05) is 18.9 Å². The van der Waals surface area contributed by atoms with E-state index in [0.29, 0.717) is 12.4 Å². The highest BCUT2D eigenvalue weighted by Crippen LogP contribution is 2.46. The van der Waals surface area contributed by atoms with E-state index in [2.05, 4.69) is 6.08 Å². The van der Waals surface area contributed by atoms with Crippen LogP contribution in [0, 0.1) is 5.92 Å². The second kappa shape index (κ2) is 7.58. The first-order valence-corrected chi connectivity index (χ1v) is 9.06. The Hall–Kier alpha value is -1.52. The lowest BCUT2D eigenvalue weighted by Crippen LogP contribution is -2.54. The van der Waals surface area contributed by atoms with Crippen molar-refractivity contribution < 1.29 is 19.1 Å². The maximum Gasteiger partial charge on any atom is 0.410 e. The van der Waals surface area contributed by atoms with Crippen molar-refractivity contribution in [2.24, 2.45) is 5.92 Å². The number of amides is 1. The molecule has 2 fully saturated rings. The molecule has 24 heavy (non-hydrogen) atoms. The first kappa shape index (κ1) is 18.8. The fourth-order valence-corrected chi connectivity index (χ4v) is 4.08. The van der Waals surface area contributed by atoms with Gasteiger partial charge < -0.3 is 14.4 Å². The lowest BCUT2D eigenvalue weighted by atomic mass is 9.71. The first-order valence-electron chi connectivity index (χ1n) is 9.06. The average molecular weight is 337 g/mol. The SMILES string of the molecule is CC(/C=C\[C@@H]1CCCC[C@]12CCCN2C(=O)OC(C)(C)C)OC=O. The average Bonchev–Trinajstić information content (AvgIpc) is 2.89. The molecule has 0 aromatic rings. The lowest BCUT2D eigenvalue weighted by molar-refractivity contribution is -0.130. The molecule has 1 aliphatic carbocycles. The van der Waals surface area contributed by atoms with E-state index in [1.807, 2.05) is 38.7 Å². The molecule has 1 spiro atoms. The smallest absolute Gasteiger partial charge is 0.410 e. The number of likely N-dealkylation sites (tertiary alicyclic amines) is 1. The van der Waals surface area contributed by atoms with Crippen LogP contribution in [0.15, 0.2) is 12.2 Å². The monoisotopic (exact) mass is 337 g/mol. The molecule has 136 valence electrons. The van der Waals surface area contributed by atoms with Crippen molar-refractivity contribution in [3.8, 4) is 0 Å². The van der Waals surface area contributed by atoms with Crippen LogP contribution in [0.25, 0.3) is 0 Å². The van der Waals surface area contributed by atoms with Gasteiger partial charge in [0.15, 0.2) is 0 Å². The van der Waals surface area contributed by atoms with E-state index in [9.17, 15) is 9.59 Å². The highest BCUT2D eigenvalue weighted by molar-refractivity contribution is 5.70. The van der Waals surface area contributed by atoms with Gasteiger partial charge in [0.2, 0.25) is 0 Å². The summed E-state index contributed by atoms with van der Waals surface area (Å²) in [5.41, 5.74) is -0.620. The van der Waals surface area contributed by atoms with E-state index in [4.69, 9.17) is 9.47 Å². The molecule has 0 bridgehead atoms. The van der Waals surface area contributed by atoms with Crippen LogP contribution in [0.2, 0.25) is 0 Å². The van der Waals surface area contributed by atoms with Crippen molar-refractivity contribution in [1.82, 2.24) is 4.90 Å². The zero-order chi connectivity index (χ0) is 17.8. The Morgan fingerprint density at radius 2 is 1.96 bits per heavy atom. The summed E-state index contributed by atoms with van der Waals surface area (Å²) < 4.78 is 10.6. The molecule has 3 atom stereocenters. The Labute approximate surface area is 145 Å². The number of carbonyl (C=O) groups excluding carboxylic acids is 2. The van der Waals surface area contributed by atoms with Gasteiger partial charge in [-0.05, 0) is 59.5 Å². The van der Waals surface area contributed by atoms with Gasteiger partial charge in [-0.15, -0.1) is 0 Å². The van der Waals surface area contributed by atoms with Gasteiger partial charge >= 0.3 is 6.09 Å². The van der Waals surface area contributed by atoms with Crippen molar-refractivity contribution in [2.75, 3.05) is 6.54 Å². The maximum absolute atomic E-state index is 12.7. The lowest BCUT2D eigenvalue weighted by Gasteiger charge is -2.46. The van der Waals surface area contributed by atoms with Crippen LogP contribution in [0.1, 0.15) is 66.2 Å². The van der Waals surface area contributed by atoms with E-state index in [1.165, 1.54) is 6.42 Å². The second-order valence-corrected chi connectivity index (χ2v) is 8.01. The normalized spacial score (nSPS) is 29.0. The Bertz CT molecular complexity index is 482. The van der Waals surface area contributed by atoms with Crippen LogP contribution in [-0.4, -0.2) is 41.3 Å². The molecular weight excluding hydrogens is 306 g/mol. The van der Waals surface area contributed by atoms with E-state index in [-0.39, 0.29) is 17.7 Å². The van der Waals surface area contributed by atoms with Crippen molar-refractivity contribution in [3.05, 3.63) is 12.2 Å². The molecule has 0 aromatic heterocycles. The summed E-state index contributed by atoms with van der Waals surface area (Å²) in [5, 5.41) is 0. The molecule has 1 unspecified atom stereocenters. The number of rotatable bonds is 4. The van der Waals surface area contributed by atoms with Gasteiger partial charge in [0, 0.05) is 12.5 Å². The second-order valence-electron chi connectivity index (χ2n) is 8.01. The number of hydrogen-bond acceptors (Lipinski definition) is 4. The van der Waals surface area contributed by atoms with Gasteiger partial charge in [-0.3, -0.25) is 4.79 Å². The summed E-state index contributed by atoms with van der Waals surface area (Å²) >= 11 is 0. The first-order chi connectivity index (χ1) is 11.3. The van der Waals surface area contributed by atoms with Gasteiger partial charge in [0.25, 0.3) is 6.47 Å². The standard InChI is InChI=1S/C19H31NO4/c1-15(23-14-21)9-10-16-8-5-6-11-19(16)12-7-13-20(19)17(22)24-18(2,3)4/h9-10,14-16H,5-8,11-13H2,1-4H3/b10-9-/t15?,16-,19-/m0/s1. The number of carbonyl (C=O) groups is 2. The van der Waals surface area contributed by atoms with Crippen LogP contribution >= 0.6 is 0 Å². The molecule has 5 heteroatoms. The van der Waals surface area contributed by atoms with Crippen LogP contribution in [0.3, 0.4) is 0 Å². The van der Waals surface area contributed by atoms with Crippen molar-refractivity contribution in [2.45, 2.75) is 83.5 Å². The maximum atomic E-state index is 12.7. The fourth-order valence-electron chi connectivity index (χ4n) is 4.08. The molecule has 0 aromatic carbocycles. The predicted molar refractivity (Wildman–Crippen MR) is 92.6 cm³/mol. The summed E-state index contributed by atoms with van der Waals surface area (Å²) in [5.74, 6) is 0.291. The van der Waals surface area contributed by atoms with Gasteiger partial charge in [-0.2, -0.15) is 0 Å². The molecule has 1 saturated heterocycles. The molecule has 0 radical (unpaired) electrons. The van der Waals surface area contributed by atoms with Gasteiger partial charge in [-0.25, -0.2) is 4.79 Å². The molecule has 5 nitrogen and oxygen atoms in total. The van der Waals surface area contributed by atoms with Crippen LogP contribution in [0.4, 0.5) is 4.79 Å². The Morgan fingerprint density at radius 1 is 1.25 bits per heavy atom.